The fraction of sp³-hybridized carbons (Fsp3) is 0.543. The first-order valence-electron chi connectivity index (χ1n) is 20.8. The molecule has 4 aliphatic rings. The summed E-state index contributed by atoms with van der Waals surface area (Å²) in [4.78, 5) is 53.8. The van der Waals surface area contributed by atoms with E-state index in [1.54, 1.807) is 43.2 Å². The fourth-order valence-electron chi connectivity index (χ4n) is 9.79. The van der Waals surface area contributed by atoms with Gasteiger partial charge < -0.3 is 40.3 Å². The minimum Gasteiger partial charge on any atom is -0.496 e. The molecule has 4 N–H and O–H groups in total. The molecule has 59 heavy (non-hydrogen) atoms. The lowest BCUT2D eigenvalue weighted by Gasteiger charge is -2.62. The topological polar surface area (TPSA) is 147 Å². The molecular formula is C46H64N6O7. The summed E-state index contributed by atoms with van der Waals surface area (Å²) in [5, 5.41) is 29.3. The lowest BCUT2D eigenvalue weighted by molar-refractivity contribution is -0.183. The number of aliphatic hydroxyl groups excluding tert-OH is 2. The van der Waals surface area contributed by atoms with Gasteiger partial charge in [0.25, 0.3) is 11.8 Å². The van der Waals surface area contributed by atoms with Crippen molar-refractivity contribution in [2.45, 2.75) is 77.4 Å². The molecule has 1 heterocycles. The SMILES string of the molecule is COc1c(CN2O[C@@H](CO)[C@@H]([C@H](C)O)[C@H]2C(=O)N[C@H]2C[C@H]3C[C@@H]([C@@H]2C)C3(C)C)cccc1-c1cc(C(=O)N[C@H](CN(C)C)C(=O)N(C)c2ccccc2)cc(N(C)C)c1. The van der Waals surface area contributed by atoms with Crippen molar-refractivity contribution in [2.75, 3.05) is 65.3 Å². The molecule has 0 aromatic heterocycles. The second-order valence-corrected chi connectivity index (χ2v) is 17.9. The van der Waals surface area contributed by atoms with Gasteiger partial charge in [0.05, 0.1) is 26.4 Å². The van der Waals surface area contributed by atoms with Crippen molar-refractivity contribution < 1.29 is 34.2 Å². The number of nitrogens with one attached hydrogen (secondary N) is 2. The highest BCUT2D eigenvalue weighted by Gasteiger charge is 2.57. The molecule has 2 bridgehead atoms. The summed E-state index contributed by atoms with van der Waals surface area (Å²) in [5.41, 5.74) is 4.23. The van der Waals surface area contributed by atoms with Gasteiger partial charge in [0.1, 0.15) is 23.9 Å². The first-order valence-corrected chi connectivity index (χ1v) is 20.8. The summed E-state index contributed by atoms with van der Waals surface area (Å²) in [6, 6.07) is 18.9. The second-order valence-electron chi connectivity index (χ2n) is 17.9. The van der Waals surface area contributed by atoms with E-state index in [1.807, 2.05) is 92.6 Å². The number of nitrogens with zero attached hydrogens (tertiary/aromatic N) is 4. The van der Waals surface area contributed by atoms with Crippen LogP contribution in [-0.4, -0.2) is 124 Å². The zero-order valence-corrected chi connectivity index (χ0v) is 36.3. The van der Waals surface area contributed by atoms with E-state index in [0.717, 1.165) is 17.8 Å². The Bertz CT molecular complexity index is 1970. The Kier molecular flexibility index (Phi) is 13.4. The molecule has 320 valence electrons. The normalized spacial score (nSPS) is 25.7. The van der Waals surface area contributed by atoms with Crippen molar-refractivity contribution in [3.63, 3.8) is 0 Å². The van der Waals surface area contributed by atoms with Crippen molar-refractivity contribution in [3.8, 4) is 16.9 Å². The first kappa shape index (κ1) is 44.0. The van der Waals surface area contributed by atoms with Crippen LogP contribution in [0, 0.1) is 29.1 Å². The van der Waals surface area contributed by atoms with Crippen molar-refractivity contribution in [2.24, 2.45) is 29.1 Å². The van der Waals surface area contributed by atoms with Gasteiger partial charge in [-0.3, -0.25) is 19.2 Å². The molecule has 1 aliphatic heterocycles. The zero-order chi connectivity index (χ0) is 42.9. The number of rotatable bonds is 15. The van der Waals surface area contributed by atoms with Gasteiger partial charge >= 0.3 is 0 Å². The van der Waals surface area contributed by atoms with Crippen molar-refractivity contribution in [1.29, 1.82) is 0 Å². The number of ether oxygens (including phenoxy) is 1. The molecule has 7 rings (SSSR count). The summed E-state index contributed by atoms with van der Waals surface area (Å²) in [5.74, 6) is 0.364. The summed E-state index contributed by atoms with van der Waals surface area (Å²) in [6.45, 7) is 8.56. The summed E-state index contributed by atoms with van der Waals surface area (Å²) in [6.07, 6.45) is 0.378. The Hall–Kier alpha value is -4.53. The Balaban J connectivity index is 1.29. The molecule has 3 aromatic rings. The number of methoxy groups -OCH3 is 1. The van der Waals surface area contributed by atoms with E-state index in [4.69, 9.17) is 9.57 Å². The molecule has 13 nitrogen and oxygen atoms in total. The highest BCUT2D eigenvalue weighted by atomic mass is 16.7. The van der Waals surface area contributed by atoms with Gasteiger partial charge in [0.2, 0.25) is 5.91 Å². The zero-order valence-electron chi connectivity index (χ0n) is 36.3. The molecular weight excluding hydrogens is 749 g/mol. The first-order chi connectivity index (χ1) is 28.0. The van der Waals surface area contributed by atoms with Crippen molar-refractivity contribution in [1.82, 2.24) is 20.6 Å². The Morgan fingerprint density at radius 3 is 2.29 bits per heavy atom. The number of hydrogen-bond donors (Lipinski definition) is 4. The van der Waals surface area contributed by atoms with E-state index in [9.17, 15) is 24.6 Å². The van der Waals surface area contributed by atoms with Crippen LogP contribution in [0.3, 0.4) is 0 Å². The Morgan fingerprint density at radius 2 is 1.69 bits per heavy atom. The monoisotopic (exact) mass is 812 g/mol. The maximum atomic E-state index is 14.3. The quantitative estimate of drug-likeness (QED) is 0.174. The van der Waals surface area contributed by atoms with Gasteiger partial charge in [0, 0.05) is 67.7 Å². The predicted octanol–water partition coefficient (Wildman–Crippen LogP) is 4.41. The third-order valence-electron chi connectivity index (χ3n) is 13.3. The molecule has 3 aliphatic carbocycles. The average Bonchev–Trinajstić information content (AvgIpc) is 3.59. The number of aliphatic hydroxyl groups is 2. The molecule has 0 unspecified atom stereocenters. The molecule has 4 fully saturated rings. The van der Waals surface area contributed by atoms with Crippen LogP contribution in [-0.2, 0) is 21.0 Å². The largest absolute Gasteiger partial charge is 0.496 e. The number of likely N-dealkylation sites (N-methyl/N-ethyl adjacent to an activating group) is 2. The number of para-hydroxylation sites is 2. The lowest BCUT2D eigenvalue weighted by Crippen LogP contribution is -2.62. The Morgan fingerprint density at radius 1 is 0.983 bits per heavy atom. The number of fused-ring (bicyclic) bond motifs is 2. The molecule has 0 radical (unpaired) electrons. The van der Waals surface area contributed by atoms with Crippen LogP contribution in [0.1, 0.15) is 56.5 Å². The third kappa shape index (κ3) is 9.00. The summed E-state index contributed by atoms with van der Waals surface area (Å²) in [7, 11) is 10.8. The Labute approximate surface area is 349 Å². The number of anilines is 2. The minimum absolute atomic E-state index is 0.0123. The van der Waals surface area contributed by atoms with Crippen LogP contribution in [0.4, 0.5) is 11.4 Å². The smallest absolute Gasteiger partial charge is 0.252 e. The second kappa shape index (κ2) is 18.0. The van der Waals surface area contributed by atoms with Crippen LogP contribution in [0.15, 0.2) is 66.7 Å². The average molecular weight is 813 g/mol. The fourth-order valence-corrected chi connectivity index (χ4v) is 9.79. The maximum absolute atomic E-state index is 14.3. The maximum Gasteiger partial charge on any atom is 0.252 e. The van der Waals surface area contributed by atoms with Gasteiger partial charge in [-0.05, 0) is 92.9 Å². The standard InChI is InChI=1S/C46H64N6O7/c1-27-36-22-32(46(36,3)4)23-37(27)47-44(56)41-40(28(2)54)39(26-53)59-52(41)24-29-15-14-18-35(42(29)58-10)30-19-31(21-34(20-30)50(7)8)43(55)48-38(25-49(5)6)45(57)51(9)33-16-12-11-13-17-33/h11-21,27-28,32,36-41,53-54H,22-26H2,1-10H3,(H,47,56)(H,48,55)/t27-,28-,32+,36-,37-,38+,39-,40+,41-/m0/s1. The minimum atomic E-state index is -0.929. The van der Waals surface area contributed by atoms with Gasteiger partial charge in [-0.25, -0.2) is 0 Å². The van der Waals surface area contributed by atoms with Crippen molar-refractivity contribution >= 4 is 29.1 Å². The van der Waals surface area contributed by atoms with Gasteiger partial charge in [-0.15, -0.1) is 0 Å². The summed E-state index contributed by atoms with van der Waals surface area (Å²) < 4.78 is 6.09. The predicted molar refractivity (Wildman–Crippen MR) is 230 cm³/mol. The van der Waals surface area contributed by atoms with E-state index < -0.39 is 36.1 Å². The van der Waals surface area contributed by atoms with Crippen molar-refractivity contribution in [3.05, 3.63) is 77.9 Å². The van der Waals surface area contributed by atoms with Gasteiger partial charge in [-0.2, -0.15) is 5.06 Å². The molecule has 13 heteroatoms. The van der Waals surface area contributed by atoms with Crippen LogP contribution >= 0.6 is 0 Å². The highest BCUT2D eigenvalue weighted by molar-refractivity contribution is 6.03. The number of carbonyl (C=O) groups excluding carboxylic acids is 3. The molecule has 9 atom stereocenters. The number of hydroxylamine groups is 2. The molecule has 3 aromatic carbocycles. The molecule has 0 spiro atoms. The van der Waals surface area contributed by atoms with Gasteiger partial charge in [0.15, 0.2) is 0 Å². The van der Waals surface area contributed by atoms with E-state index in [-0.39, 0.29) is 36.4 Å². The third-order valence-corrected chi connectivity index (χ3v) is 13.3. The van der Waals surface area contributed by atoms with Crippen LogP contribution in [0.25, 0.3) is 11.1 Å². The van der Waals surface area contributed by atoms with E-state index >= 15 is 0 Å². The number of benzene rings is 3. The van der Waals surface area contributed by atoms with Gasteiger partial charge in [-0.1, -0.05) is 57.2 Å². The highest BCUT2D eigenvalue weighted by Crippen LogP contribution is 2.61. The number of hydrogen-bond acceptors (Lipinski definition) is 10. The number of carbonyl (C=O) groups is 3. The van der Waals surface area contributed by atoms with Crippen LogP contribution < -0.4 is 25.2 Å². The van der Waals surface area contributed by atoms with E-state index in [2.05, 4.69) is 31.4 Å². The van der Waals surface area contributed by atoms with E-state index in [1.165, 1.54) is 6.42 Å². The number of amides is 3. The molecule has 3 saturated carbocycles. The lowest BCUT2D eigenvalue weighted by atomic mass is 9.45. The molecule has 1 saturated heterocycles. The summed E-state index contributed by atoms with van der Waals surface area (Å²) >= 11 is 0. The van der Waals surface area contributed by atoms with Crippen LogP contribution in [0.5, 0.6) is 5.75 Å². The molecule has 3 amide bonds. The van der Waals surface area contributed by atoms with Crippen LogP contribution in [0.2, 0.25) is 0 Å². The van der Waals surface area contributed by atoms with E-state index in [0.29, 0.717) is 52.3 Å².